The first-order valence-corrected chi connectivity index (χ1v) is 6.43. The van der Waals surface area contributed by atoms with Crippen molar-refractivity contribution in [3.8, 4) is 6.07 Å². The van der Waals surface area contributed by atoms with E-state index in [9.17, 15) is 4.79 Å². The first-order chi connectivity index (χ1) is 8.70. The smallest absolute Gasteiger partial charge is 0.159 e. The molecular formula is C15H18N2O. The molecule has 1 aromatic carbocycles. The number of rotatable bonds is 3. The maximum Gasteiger partial charge on any atom is 0.159 e. The zero-order chi connectivity index (χ0) is 13.0. The SMILES string of the molecule is CC(=O)c1cccc(N2CCC(CC#N)CC2)c1. The number of carbonyl (C=O) groups excluding carboxylic acids is 1. The number of ketones is 1. The number of nitriles is 1. The molecule has 1 aliphatic heterocycles. The number of hydrogen-bond donors (Lipinski definition) is 0. The molecule has 1 saturated heterocycles. The molecule has 0 bridgehead atoms. The maximum atomic E-state index is 11.4. The zero-order valence-corrected chi connectivity index (χ0v) is 10.7. The fourth-order valence-electron chi connectivity index (χ4n) is 2.45. The highest BCUT2D eigenvalue weighted by atomic mass is 16.1. The highest BCUT2D eigenvalue weighted by molar-refractivity contribution is 5.94. The lowest BCUT2D eigenvalue weighted by Gasteiger charge is -2.33. The summed E-state index contributed by atoms with van der Waals surface area (Å²) in [6, 6.07) is 10.1. The Morgan fingerprint density at radius 2 is 2.17 bits per heavy atom. The Morgan fingerprint density at radius 1 is 1.44 bits per heavy atom. The Bertz CT molecular complexity index is 468. The Balaban J connectivity index is 2.03. The van der Waals surface area contributed by atoms with E-state index in [1.165, 1.54) is 0 Å². The van der Waals surface area contributed by atoms with Crippen LogP contribution in [0.15, 0.2) is 24.3 Å². The van der Waals surface area contributed by atoms with Crippen molar-refractivity contribution < 1.29 is 4.79 Å². The lowest BCUT2D eigenvalue weighted by Crippen LogP contribution is -2.33. The topological polar surface area (TPSA) is 44.1 Å². The lowest BCUT2D eigenvalue weighted by molar-refractivity contribution is 0.101. The predicted octanol–water partition coefficient (Wildman–Crippen LogP) is 3.02. The van der Waals surface area contributed by atoms with Crippen LogP contribution in [0.2, 0.25) is 0 Å². The van der Waals surface area contributed by atoms with Gasteiger partial charge < -0.3 is 4.90 Å². The molecule has 94 valence electrons. The van der Waals surface area contributed by atoms with Crippen LogP contribution in [0.25, 0.3) is 0 Å². The van der Waals surface area contributed by atoms with Crippen molar-refractivity contribution in [3.63, 3.8) is 0 Å². The Kier molecular flexibility index (Phi) is 3.99. The summed E-state index contributed by atoms with van der Waals surface area (Å²) in [7, 11) is 0. The van der Waals surface area contributed by atoms with Gasteiger partial charge in [-0.3, -0.25) is 4.79 Å². The molecule has 0 atom stereocenters. The largest absolute Gasteiger partial charge is 0.371 e. The second kappa shape index (κ2) is 5.68. The van der Waals surface area contributed by atoms with E-state index in [1.54, 1.807) is 6.92 Å². The van der Waals surface area contributed by atoms with Crippen molar-refractivity contribution in [2.45, 2.75) is 26.2 Å². The van der Waals surface area contributed by atoms with Gasteiger partial charge in [-0.1, -0.05) is 12.1 Å². The van der Waals surface area contributed by atoms with Gasteiger partial charge in [0.15, 0.2) is 5.78 Å². The average Bonchev–Trinajstić information content (AvgIpc) is 2.40. The summed E-state index contributed by atoms with van der Waals surface area (Å²) in [4.78, 5) is 13.7. The molecule has 0 unspecified atom stereocenters. The van der Waals surface area contributed by atoms with Gasteiger partial charge in [0.1, 0.15) is 0 Å². The number of piperidine rings is 1. The highest BCUT2D eigenvalue weighted by Gasteiger charge is 2.19. The summed E-state index contributed by atoms with van der Waals surface area (Å²) in [5.41, 5.74) is 1.89. The van der Waals surface area contributed by atoms with Gasteiger partial charge in [-0.05, 0) is 37.8 Å². The third-order valence-corrected chi connectivity index (χ3v) is 3.61. The van der Waals surface area contributed by atoms with Crippen LogP contribution in [-0.2, 0) is 0 Å². The molecule has 0 saturated carbocycles. The van der Waals surface area contributed by atoms with Gasteiger partial charge in [0.2, 0.25) is 0 Å². The molecule has 0 aromatic heterocycles. The summed E-state index contributed by atoms with van der Waals surface area (Å²) < 4.78 is 0. The van der Waals surface area contributed by atoms with E-state index in [-0.39, 0.29) is 5.78 Å². The molecule has 2 rings (SSSR count). The molecule has 0 amide bonds. The molecule has 1 fully saturated rings. The van der Waals surface area contributed by atoms with Crippen LogP contribution in [0.5, 0.6) is 0 Å². The van der Waals surface area contributed by atoms with Crippen molar-refractivity contribution >= 4 is 11.5 Å². The number of Topliss-reactive ketones (excluding diaryl/α,β-unsaturated/α-hetero) is 1. The number of carbonyl (C=O) groups is 1. The van der Waals surface area contributed by atoms with Crippen LogP contribution in [0, 0.1) is 17.2 Å². The third-order valence-electron chi connectivity index (χ3n) is 3.61. The van der Waals surface area contributed by atoms with Gasteiger partial charge >= 0.3 is 0 Å². The van der Waals surface area contributed by atoms with Crippen molar-refractivity contribution in [2.75, 3.05) is 18.0 Å². The second-order valence-corrected chi connectivity index (χ2v) is 4.90. The summed E-state index contributed by atoms with van der Waals surface area (Å²) in [6.07, 6.45) is 2.80. The van der Waals surface area contributed by atoms with Gasteiger partial charge in [0.25, 0.3) is 0 Å². The van der Waals surface area contributed by atoms with Gasteiger partial charge in [-0.15, -0.1) is 0 Å². The molecule has 18 heavy (non-hydrogen) atoms. The molecule has 1 aromatic rings. The lowest BCUT2D eigenvalue weighted by atomic mass is 9.94. The summed E-state index contributed by atoms with van der Waals surface area (Å²) >= 11 is 0. The van der Waals surface area contributed by atoms with E-state index in [2.05, 4.69) is 17.0 Å². The minimum absolute atomic E-state index is 0.108. The third kappa shape index (κ3) is 2.89. The highest BCUT2D eigenvalue weighted by Crippen LogP contribution is 2.25. The summed E-state index contributed by atoms with van der Waals surface area (Å²) in [6.45, 7) is 3.56. The van der Waals surface area contributed by atoms with E-state index in [0.717, 1.165) is 37.2 Å². The van der Waals surface area contributed by atoms with Crippen LogP contribution in [0.1, 0.15) is 36.5 Å². The standard InChI is InChI=1S/C15H18N2O/c1-12(18)14-3-2-4-15(11-14)17-9-6-13(5-8-16)7-10-17/h2-4,11,13H,5-7,9-10H2,1H3. The second-order valence-electron chi connectivity index (χ2n) is 4.90. The van der Waals surface area contributed by atoms with Gasteiger partial charge in [-0.25, -0.2) is 0 Å². The fraction of sp³-hybridized carbons (Fsp3) is 0.467. The molecule has 1 heterocycles. The van der Waals surface area contributed by atoms with Crippen molar-refractivity contribution in [3.05, 3.63) is 29.8 Å². The number of anilines is 1. The summed E-state index contributed by atoms with van der Waals surface area (Å²) in [5.74, 6) is 0.651. The van der Waals surface area contributed by atoms with Crippen LogP contribution in [-0.4, -0.2) is 18.9 Å². The maximum absolute atomic E-state index is 11.4. The van der Waals surface area contributed by atoms with E-state index < -0.39 is 0 Å². The van der Waals surface area contributed by atoms with E-state index >= 15 is 0 Å². The van der Waals surface area contributed by atoms with Crippen LogP contribution in [0.4, 0.5) is 5.69 Å². The number of hydrogen-bond acceptors (Lipinski definition) is 3. The molecule has 3 heteroatoms. The van der Waals surface area contributed by atoms with Crippen LogP contribution in [0.3, 0.4) is 0 Å². The van der Waals surface area contributed by atoms with Gasteiger partial charge in [0, 0.05) is 30.8 Å². The van der Waals surface area contributed by atoms with Gasteiger partial charge in [-0.2, -0.15) is 5.26 Å². The molecule has 3 nitrogen and oxygen atoms in total. The average molecular weight is 242 g/mol. The number of benzene rings is 1. The molecular weight excluding hydrogens is 224 g/mol. The molecule has 1 aliphatic rings. The first-order valence-electron chi connectivity index (χ1n) is 6.43. The van der Waals surface area contributed by atoms with E-state index in [1.807, 2.05) is 18.2 Å². The first kappa shape index (κ1) is 12.6. The quantitative estimate of drug-likeness (QED) is 0.765. The van der Waals surface area contributed by atoms with Crippen molar-refractivity contribution in [1.29, 1.82) is 5.26 Å². The number of nitrogens with zero attached hydrogens (tertiary/aromatic N) is 2. The minimum atomic E-state index is 0.108. The van der Waals surface area contributed by atoms with Crippen LogP contribution < -0.4 is 4.90 Å². The normalized spacial score (nSPS) is 16.3. The predicted molar refractivity (Wildman–Crippen MR) is 71.6 cm³/mol. The Labute approximate surface area is 108 Å². The monoisotopic (exact) mass is 242 g/mol. The Hall–Kier alpha value is -1.82. The Morgan fingerprint density at radius 3 is 2.78 bits per heavy atom. The zero-order valence-electron chi connectivity index (χ0n) is 10.7. The van der Waals surface area contributed by atoms with Crippen LogP contribution >= 0.6 is 0 Å². The van der Waals surface area contributed by atoms with E-state index in [4.69, 9.17) is 5.26 Å². The summed E-state index contributed by atoms with van der Waals surface area (Å²) in [5, 5.41) is 8.70. The van der Waals surface area contributed by atoms with Crippen molar-refractivity contribution in [2.24, 2.45) is 5.92 Å². The molecule has 0 radical (unpaired) electrons. The molecule has 0 N–H and O–H groups in total. The fourth-order valence-corrected chi connectivity index (χ4v) is 2.45. The minimum Gasteiger partial charge on any atom is -0.371 e. The molecule has 0 aliphatic carbocycles. The van der Waals surface area contributed by atoms with Crippen molar-refractivity contribution in [1.82, 2.24) is 0 Å². The van der Waals surface area contributed by atoms with Gasteiger partial charge in [0.05, 0.1) is 6.07 Å². The molecule has 0 spiro atoms. The van der Waals surface area contributed by atoms with E-state index in [0.29, 0.717) is 12.3 Å².